The van der Waals surface area contributed by atoms with Crippen LogP contribution in [-0.2, 0) is 16.0 Å². The predicted molar refractivity (Wildman–Crippen MR) is 163 cm³/mol. The first-order valence-corrected chi connectivity index (χ1v) is 15.0. The van der Waals surface area contributed by atoms with E-state index < -0.39 is 0 Å². The van der Waals surface area contributed by atoms with Gasteiger partial charge in [-0.25, -0.2) is 0 Å². The van der Waals surface area contributed by atoms with Crippen LogP contribution in [0.25, 0.3) is 0 Å². The molecule has 4 rings (SSSR count). The maximum Gasteiger partial charge on any atom is 0.310 e. The van der Waals surface area contributed by atoms with Crippen molar-refractivity contribution in [2.24, 2.45) is 5.92 Å². The summed E-state index contributed by atoms with van der Waals surface area (Å²) < 4.78 is 5.59. The number of nitrogens with one attached hydrogen (secondary N) is 4. The van der Waals surface area contributed by atoms with E-state index in [1.54, 1.807) is 6.92 Å². The van der Waals surface area contributed by atoms with Crippen molar-refractivity contribution in [2.75, 3.05) is 55.2 Å². The van der Waals surface area contributed by atoms with Crippen LogP contribution in [0, 0.1) is 5.92 Å². The molecule has 1 aliphatic carbocycles. The molecule has 8 heteroatoms. The number of aryl methyl sites for hydroxylation is 1. The van der Waals surface area contributed by atoms with Gasteiger partial charge in [0, 0.05) is 63.4 Å². The molecule has 2 aromatic rings. The van der Waals surface area contributed by atoms with Crippen LogP contribution < -0.4 is 26.0 Å². The lowest BCUT2D eigenvalue weighted by molar-refractivity contribution is -0.134. The lowest BCUT2D eigenvalue weighted by Crippen LogP contribution is -2.46. The Balaban J connectivity index is 1.55. The van der Waals surface area contributed by atoms with Crippen LogP contribution in [-0.4, -0.2) is 56.0 Å². The monoisotopic (exact) mass is 549 g/mol. The highest BCUT2D eigenvalue weighted by Gasteiger charge is 2.25. The van der Waals surface area contributed by atoms with E-state index in [4.69, 9.17) is 4.74 Å². The molecule has 40 heavy (non-hydrogen) atoms. The molecule has 1 aliphatic heterocycles. The molecule has 1 heterocycles. The molecular weight excluding hydrogens is 502 g/mol. The van der Waals surface area contributed by atoms with Gasteiger partial charge in [-0.1, -0.05) is 27.7 Å². The predicted octanol–water partition coefficient (Wildman–Crippen LogP) is 5.53. The molecule has 0 radical (unpaired) electrons. The topological polar surface area (TPSA) is 94.7 Å². The Kier molecular flexibility index (Phi) is 10.5. The van der Waals surface area contributed by atoms with Gasteiger partial charge in [-0.15, -0.1) is 0 Å². The van der Waals surface area contributed by atoms with Crippen LogP contribution in [0.3, 0.4) is 0 Å². The minimum atomic E-state index is -0.234. The number of carbonyl (C=O) groups excluding carboxylic acids is 2. The number of nitrogens with zero attached hydrogens (tertiary/aromatic N) is 1. The van der Waals surface area contributed by atoms with Gasteiger partial charge in [0.1, 0.15) is 5.75 Å². The molecule has 2 aromatic carbocycles. The number of amides is 1. The zero-order valence-corrected chi connectivity index (χ0v) is 24.9. The third-order valence-electron chi connectivity index (χ3n) is 7.86. The number of esters is 1. The number of hydrogen-bond donors (Lipinski definition) is 4. The van der Waals surface area contributed by atoms with Gasteiger partial charge in [0.05, 0.1) is 17.4 Å². The summed E-state index contributed by atoms with van der Waals surface area (Å²) in [6, 6.07) is 10.5. The van der Waals surface area contributed by atoms with Crippen LogP contribution in [0.2, 0.25) is 0 Å². The van der Waals surface area contributed by atoms with Gasteiger partial charge < -0.3 is 30.9 Å². The summed E-state index contributed by atoms with van der Waals surface area (Å²) in [5.41, 5.74) is 6.39. The minimum absolute atomic E-state index is 0.0581. The van der Waals surface area contributed by atoms with Gasteiger partial charge in [0.25, 0.3) is 0 Å². The first-order valence-electron chi connectivity index (χ1n) is 15.0. The van der Waals surface area contributed by atoms with Crippen LogP contribution in [0.15, 0.2) is 30.3 Å². The van der Waals surface area contributed by atoms with E-state index in [0.29, 0.717) is 18.1 Å². The fourth-order valence-corrected chi connectivity index (χ4v) is 5.57. The number of benzene rings is 2. The van der Waals surface area contributed by atoms with Crippen LogP contribution in [0.1, 0.15) is 82.5 Å². The second-order valence-electron chi connectivity index (χ2n) is 11.4. The molecule has 1 amide bonds. The molecule has 2 aliphatic rings. The van der Waals surface area contributed by atoms with Gasteiger partial charge in [-0.05, 0) is 73.1 Å². The summed E-state index contributed by atoms with van der Waals surface area (Å²) in [5, 5.41) is 13.8. The van der Waals surface area contributed by atoms with Crippen molar-refractivity contribution in [1.82, 2.24) is 10.2 Å². The Hall–Kier alpha value is -3.10. The van der Waals surface area contributed by atoms with Crippen molar-refractivity contribution >= 4 is 28.9 Å². The van der Waals surface area contributed by atoms with Crippen molar-refractivity contribution in [2.45, 2.75) is 72.3 Å². The number of hydrogen-bond acceptors (Lipinski definition) is 7. The van der Waals surface area contributed by atoms with E-state index >= 15 is 0 Å². The van der Waals surface area contributed by atoms with Crippen molar-refractivity contribution in [3.05, 3.63) is 47.0 Å². The molecule has 4 N–H and O–H groups in total. The van der Waals surface area contributed by atoms with Crippen molar-refractivity contribution in [3.63, 3.8) is 0 Å². The maximum atomic E-state index is 13.2. The zero-order valence-electron chi connectivity index (χ0n) is 24.9. The Labute approximate surface area is 239 Å². The smallest absolute Gasteiger partial charge is 0.310 e. The fraction of sp³-hybridized carbons (Fsp3) is 0.562. The zero-order chi connectivity index (χ0) is 28.6. The molecular formula is C32H47N5O3. The highest BCUT2D eigenvalue weighted by atomic mass is 16.5. The van der Waals surface area contributed by atoms with E-state index in [1.165, 1.54) is 11.1 Å². The van der Waals surface area contributed by atoms with Gasteiger partial charge in [-0.2, -0.15) is 0 Å². The van der Waals surface area contributed by atoms with Gasteiger partial charge in [-0.3, -0.25) is 9.59 Å². The molecule has 218 valence electrons. The summed E-state index contributed by atoms with van der Waals surface area (Å²) in [7, 11) is 0. The molecule has 2 atom stereocenters. The van der Waals surface area contributed by atoms with E-state index in [-0.39, 0.29) is 23.8 Å². The number of carbonyl (C=O) groups is 2. The summed E-state index contributed by atoms with van der Waals surface area (Å²) in [6.45, 7) is 15.6. The molecule has 0 bridgehead atoms. The van der Waals surface area contributed by atoms with Crippen molar-refractivity contribution in [3.8, 4) is 5.75 Å². The van der Waals surface area contributed by atoms with Crippen LogP contribution in [0.4, 0.5) is 17.1 Å². The van der Waals surface area contributed by atoms with Crippen LogP contribution in [0.5, 0.6) is 5.75 Å². The SMILES string of the molecule is CCNc1cc2c(cc1NC(=O)C(C)CN1CCNCC1)CCCC2Nc1cc(OC(=O)CC)cc(C(C)C)c1. The molecule has 0 spiro atoms. The average Bonchev–Trinajstić information content (AvgIpc) is 2.94. The summed E-state index contributed by atoms with van der Waals surface area (Å²) >= 11 is 0. The summed E-state index contributed by atoms with van der Waals surface area (Å²) in [6.07, 6.45) is 3.37. The van der Waals surface area contributed by atoms with E-state index in [0.717, 1.165) is 81.2 Å². The largest absolute Gasteiger partial charge is 0.426 e. The molecule has 2 unspecified atom stereocenters. The lowest BCUT2D eigenvalue weighted by Gasteiger charge is -2.30. The van der Waals surface area contributed by atoms with Crippen LogP contribution >= 0.6 is 0 Å². The second kappa shape index (κ2) is 14.0. The number of rotatable bonds is 11. The number of anilines is 3. The van der Waals surface area contributed by atoms with E-state index in [1.807, 2.05) is 19.1 Å². The Morgan fingerprint density at radius 1 is 1.05 bits per heavy atom. The summed E-state index contributed by atoms with van der Waals surface area (Å²) in [5.74, 6) is 0.616. The lowest BCUT2D eigenvalue weighted by atomic mass is 9.86. The van der Waals surface area contributed by atoms with Gasteiger partial charge in [0.2, 0.25) is 5.91 Å². The molecule has 0 aromatic heterocycles. The quantitative estimate of drug-likeness (QED) is 0.216. The maximum absolute atomic E-state index is 13.2. The average molecular weight is 550 g/mol. The fourth-order valence-electron chi connectivity index (χ4n) is 5.57. The number of fused-ring (bicyclic) bond motifs is 1. The normalized spacial score (nSPS) is 18.1. The third-order valence-corrected chi connectivity index (χ3v) is 7.86. The Bertz CT molecular complexity index is 1180. The second-order valence-corrected chi connectivity index (χ2v) is 11.4. The first-order chi connectivity index (χ1) is 19.3. The highest BCUT2D eigenvalue weighted by molar-refractivity contribution is 5.96. The standard InChI is InChI=1S/C32H47N5O3/c1-6-31(38)40-26-16-24(21(3)4)15-25(18-26)35-28-10-8-9-23-17-30(29(34-7-2)19-27(23)28)36-32(39)22(5)20-37-13-11-33-12-14-37/h15-19,21-22,28,33-35H,6-14,20H2,1-5H3,(H,36,39). The van der Waals surface area contributed by atoms with E-state index in [9.17, 15) is 9.59 Å². The Morgan fingerprint density at radius 2 is 1.82 bits per heavy atom. The molecule has 1 saturated heterocycles. The van der Waals surface area contributed by atoms with Crippen molar-refractivity contribution in [1.29, 1.82) is 0 Å². The molecule has 1 fully saturated rings. The van der Waals surface area contributed by atoms with Gasteiger partial charge in [0.15, 0.2) is 0 Å². The van der Waals surface area contributed by atoms with Gasteiger partial charge >= 0.3 is 5.97 Å². The minimum Gasteiger partial charge on any atom is -0.426 e. The molecule has 8 nitrogen and oxygen atoms in total. The first kappa shape index (κ1) is 29.9. The number of piperazine rings is 1. The van der Waals surface area contributed by atoms with E-state index in [2.05, 4.69) is 65.1 Å². The van der Waals surface area contributed by atoms with Crippen molar-refractivity contribution < 1.29 is 14.3 Å². The molecule has 0 saturated carbocycles. The highest BCUT2D eigenvalue weighted by Crippen LogP contribution is 2.39. The Morgan fingerprint density at radius 3 is 2.52 bits per heavy atom. The summed E-state index contributed by atoms with van der Waals surface area (Å²) in [4.78, 5) is 27.6. The third kappa shape index (κ3) is 7.76. The number of ether oxygens (including phenoxy) is 1.